The van der Waals surface area contributed by atoms with Gasteiger partial charge in [0.2, 0.25) is 0 Å². The molecule has 1 unspecified atom stereocenters. The predicted molar refractivity (Wildman–Crippen MR) is 68.4 cm³/mol. The van der Waals surface area contributed by atoms with Gasteiger partial charge in [-0.25, -0.2) is 5.43 Å². The van der Waals surface area contributed by atoms with E-state index in [1.165, 1.54) is 0 Å². The van der Waals surface area contributed by atoms with Crippen LogP contribution >= 0.6 is 11.6 Å². The predicted octanol–water partition coefficient (Wildman–Crippen LogP) is 1.82. The number of hydrazine groups is 1. The molecule has 90 valence electrons. The molecule has 0 aliphatic carbocycles. The minimum absolute atomic E-state index is 0.577. The highest BCUT2D eigenvalue weighted by Crippen LogP contribution is 2.17. The minimum atomic E-state index is -0.577. The molecule has 5 heteroatoms. The summed E-state index contributed by atoms with van der Waals surface area (Å²) in [5.41, 5.74) is 7.65. The van der Waals surface area contributed by atoms with Gasteiger partial charge in [0.15, 0.2) is 0 Å². The van der Waals surface area contributed by atoms with Crippen molar-refractivity contribution >= 4 is 22.5 Å². The second kappa shape index (κ2) is 5.42. The van der Waals surface area contributed by atoms with E-state index in [0.717, 1.165) is 16.5 Å². The summed E-state index contributed by atoms with van der Waals surface area (Å²) < 4.78 is 0. The van der Waals surface area contributed by atoms with Gasteiger partial charge >= 0.3 is 0 Å². The highest BCUT2D eigenvalue weighted by molar-refractivity contribution is 6.31. The summed E-state index contributed by atoms with van der Waals surface area (Å²) >= 11 is 5.89. The number of fused-ring (bicyclic) bond motifs is 1. The monoisotopic (exact) mass is 251 g/mol. The van der Waals surface area contributed by atoms with E-state index < -0.39 is 6.23 Å². The number of rotatable bonds is 4. The largest absolute Gasteiger partial charge is 0.378 e. The zero-order chi connectivity index (χ0) is 12.3. The van der Waals surface area contributed by atoms with Gasteiger partial charge in [0.25, 0.3) is 0 Å². The number of aromatic nitrogens is 1. The number of hydrogen-bond acceptors (Lipinski definition) is 4. The van der Waals surface area contributed by atoms with Crippen molar-refractivity contribution in [2.24, 2.45) is 0 Å². The van der Waals surface area contributed by atoms with Crippen LogP contribution in [0.4, 0.5) is 0 Å². The Morgan fingerprint density at radius 3 is 3.00 bits per heavy atom. The van der Waals surface area contributed by atoms with Crippen molar-refractivity contribution in [3.8, 4) is 0 Å². The van der Waals surface area contributed by atoms with Crippen LogP contribution < -0.4 is 10.9 Å². The first-order valence-electron chi connectivity index (χ1n) is 5.36. The highest BCUT2D eigenvalue weighted by Gasteiger charge is 1.99. The summed E-state index contributed by atoms with van der Waals surface area (Å²) in [5, 5.41) is 10.7. The summed E-state index contributed by atoms with van der Waals surface area (Å²) in [6, 6.07) is 7.84. The summed E-state index contributed by atoms with van der Waals surface area (Å²) in [5.74, 6) is 0. The molecule has 1 heterocycles. The lowest BCUT2D eigenvalue weighted by Crippen LogP contribution is -2.38. The number of benzene rings is 1. The molecule has 1 aromatic heterocycles. The van der Waals surface area contributed by atoms with E-state index in [1.54, 1.807) is 13.1 Å². The molecule has 0 saturated heterocycles. The third kappa shape index (κ3) is 3.38. The van der Waals surface area contributed by atoms with Gasteiger partial charge in [0.05, 0.1) is 10.5 Å². The summed E-state index contributed by atoms with van der Waals surface area (Å²) in [6.07, 6.45) is 1.06. The molecule has 1 aromatic carbocycles. The van der Waals surface area contributed by atoms with Gasteiger partial charge in [-0.2, -0.15) is 0 Å². The van der Waals surface area contributed by atoms with Crippen molar-refractivity contribution in [1.29, 1.82) is 0 Å². The average Bonchev–Trinajstić information content (AvgIpc) is 2.28. The number of aliphatic hydroxyl groups excluding tert-OH is 1. The highest BCUT2D eigenvalue weighted by atomic mass is 35.5. The van der Waals surface area contributed by atoms with E-state index in [-0.39, 0.29) is 0 Å². The Labute approximate surface area is 105 Å². The number of aliphatic hydroxyl groups is 1. The lowest BCUT2D eigenvalue weighted by atomic mass is 10.1. The van der Waals surface area contributed by atoms with Crippen LogP contribution in [-0.2, 0) is 6.54 Å². The molecule has 0 aliphatic rings. The van der Waals surface area contributed by atoms with E-state index >= 15 is 0 Å². The Morgan fingerprint density at radius 2 is 2.24 bits per heavy atom. The molecule has 2 aromatic rings. The van der Waals surface area contributed by atoms with E-state index in [0.29, 0.717) is 11.6 Å². The fourth-order valence-electron chi connectivity index (χ4n) is 1.56. The molecular formula is C12H14ClN3O. The van der Waals surface area contributed by atoms with Gasteiger partial charge in [0.1, 0.15) is 6.23 Å². The number of pyridine rings is 1. The summed E-state index contributed by atoms with van der Waals surface area (Å²) in [6.45, 7) is 2.27. The number of nitrogens with one attached hydrogen (secondary N) is 2. The summed E-state index contributed by atoms with van der Waals surface area (Å²) in [7, 11) is 0. The van der Waals surface area contributed by atoms with Crippen molar-refractivity contribution < 1.29 is 5.11 Å². The molecule has 0 spiro atoms. The Morgan fingerprint density at radius 1 is 1.41 bits per heavy atom. The molecule has 3 N–H and O–H groups in total. The smallest absolute Gasteiger partial charge is 0.114 e. The van der Waals surface area contributed by atoms with Crippen LogP contribution in [0, 0.1) is 0 Å². The number of nitrogens with zero attached hydrogens (tertiary/aromatic N) is 1. The fraction of sp³-hybridized carbons (Fsp3) is 0.250. The van der Waals surface area contributed by atoms with Crippen LogP contribution in [0.25, 0.3) is 10.9 Å². The fourth-order valence-corrected chi connectivity index (χ4v) is 1.73. The maximum atomic E-state index is 9.04. The van der Waals surface area contributed by atoms with Crippen molar-refractivity contribution in [2.45, 2.75) is 19.7 Å². The maximum absolute atomic E-state index is 9.04. The van der Waals surface area contributed by atoms with Gasteiger partial charge in [-0.05, 0) is 30.7 Å². The van der Waals surface area contributed by atoms with Crippen LogP contribution in [0.1, 0.15) is 12.5 Å². The summed E-state index contributed by atoms with van der Waals surface area (Å²) in [4.78, 5) is 4.22. The topological polar surface area (TPSA) is 57.2 Å². The van der Waals surface area contributed by atoms with Crippen LogP contribution in [0.5, 0.6) is 0 Å². The lowest BCUT2D eigenvalue weighted by molar-refractivity contribution is 0.136. The molecule has 0 radical (unpaired) electrons. The molecule has 0 amide bonds. The van der Waals surface area contributed by atoms with Gasteiger partial charge in [0, 0.05) is 18.1 Å². The number of hydrogen-bond donors (Lipinski definition) is 3. The first kappa shape index (κ1) is 12.3. The first-order chi connectivity index (χ1) is 8.15. The SMILES string of the molecule is CC(O)NNCc1ccc2ncc(Cl)cc2c1. The van der Waals surface area contributed by atoms with E-state index in [9.17, 15) is 0 Å². The van der Waals surface area contributed by atoms with Crippen LogP contribution in [0.3, 0.4) is 0 Å². The Hall–Kier alpha value is -1.20. The van der Waals surface area contributed by atoms with E-state index in [1.807, 2.05) is 24.3 Å². The van der Waals surface area contributed by atoms with Crippen LogP contribution in [0.2, 0.25) is 5.02 Å². The minimum Gasteiger partial charge on any atom is -0.378 e. The van der Waals surface area contributed by atoms with Crippen molar-refractivity contribution in [3.05, 3.63) is 41.0 Å². The first-order valence-corrected chi connectivity index (χ1v) is 5.73. The Bertz CT molecular complexity index is 516. The molecular weight excluding hydrogens is 238 g/mol. The van der Waals surface area contributed by atoms with Crippen LogP contribution in [-0.4, -0.2) is 16.3 Å². The molecule has 0 aliphatic heterocycles. The van der Waals surface area contributed by atoms with Crippen LogP contribution in [0.15, 0.2) is 30.5 Å². The average molecular weight is 252 g/mol. The third-order valence-electron chi connectivity index (χ3n) is 2.32. The Kier molecular flexibility index (Phi) is 3.91. The standard InChI is InChI=1S/C12H14ClN3O/c1-8(17)16-15-6-9-2-3-12-10(4-9)5-11(13)7-14-12/h2-5,7-8,15-17H,6H2,1H3. The zero-order valence-corrected chi connectivity index (χ0v) is 10.2. The molecule has 0 bridgehead atoms. The van der Waals surface area contributed by atoms with Crippen molar-refractivity contribution in [1.82, 2.24) is 15.8 Å². The van der Waals surface area contributed by atoms with Crippen molar-refractivity contribution in [2.75, 3.05) is 0 Å². The second-order valence-corrected chi connectivity index (χ2v) is 4.29. The quantitative estimate of drug-likeness (QED) is 0.573. The molecule has 0 fully saturated rings. The third-order valence-corrected chi connectivity index (χ3v) is 2.52. The molecule has 17 heavy (non-hydrogen) atoms. The van der Waals surface area contributed by atoms with E-state index in [2.05, 4.69) is 15.8 Å². The van der Waals surface area contributed by atoms with E-state index in [4.69, 9.17) is 16.7 Å². The normalized spacial score (nSPS) is 12.9. The van der Waals surface area contributed by atoms with Gasteiger partial charge in [-0.3, -0.25) is 10.4 Å². The van der Waals surface area contributed by atoms with Gasteiger partial charge in [-0.15, -0.1) is 0 Å². The Balaban J connectivity index is 2.13. The molecule has 1 atom stereocenters. The van der Waals surface area contributed by atoms with Crippen molar-refractivity contribution in [3.63, 3.8) is 0 Å². The lowest BCUT2D eigenvalue weighted by Gasteiger charge is -2.09. The molecule has 0 saturated carbocycles. The maximum Gasteiger partial charge on any atom is 0.114 e. The molecule has 4 nitrogen and oxygen atoms in total. The second-order valence-electron chi connectivity index (χ2n) is 3.85. The number of halogens is 1. The zero-order valence-electron chi connectivity index (χ0n) is 9.44. The van der Waals surface area contributed by atoms with Gasteiger partial charge in [-0.1, -0.05) is 17.7 Å². The molecule has 2 rings (SSSR count). The van der Waals surface area contributed by atoms with Gasteiger partial charge < -0.3 is 5.11 Å².